The summed E-state index contributed by atoms with van der Waals surface area (Å²) in [4.78, 5) is 12.2. The second kappa shape index (κ2) is 12.5. The molecular formula is C28H38ClN3O4. The van der Waals surface area contributed by atoms with Crippen molar-refractivity contribution in [3.8, 4) is 11.5 Å². The molecule has 3 rings (SSSR count). The van der Waals surface area contributed by atoms with Gasteiger partial charge in [-0.25, -0.2) is 0 Å². The normalized spacial score (nSPS) is 12.6. The number of aliphatic hydroxyl groups is 1. The van der Waals surface area contributed by atoms with Crippen LogP contribution in [0, 0.1) is 5.41 Å². The van der Waals surface area contributed by atoms with Gasteiger partial charge in [0.15, 0.2) is 11.5 Å². The number of hydrogen-bond acceptors (Lipinski definition) is 5. The molecule has 1 atom stereocenters. The quantitative estimate of drug-likeness (QED) is 0.284. The molecule has 1 heterocycles. The number of amides is 1. The van der Waals surface area contributed by atoms with E-state index in [-0.39, 0.29) is 18.1 Å². The highest BCUT2D eigenvalue weighted by molar-refractivity contribution is 6.30. The van der Waals surface area contributed by atoms with Crippen LogP contribution in [-0.2, 0) is 13.0 Å². The van der Waals surface area contributed by atoms with Crippen LogP contribution in [0.5, 0.6) is 11.5 Å². The highest BCUT2D eigenvalue weighted by atomic mass is 35.5. The molecule has 0 saturated carbocycles. The third-order valence-electron chi connectivity index (χ3n) is 5.70. The number of nitrogens with zero attached hydrogens (tertiary/aromatic N) is 1. The minimum Gasteiger partial charge on any atom is -0.489 e. The van der Waals surface area contributed by atoms with Gasteiger partial charge >= 0.3 is 0 Å². The number of carbonyl (C=O) groups excluding carboxylic acids is 1. The molecule has 2 aromatic carbocycles. The fraction of sp³-hybridized carbons (Fsp3) is 0.464. The Morgan fingerprint density at radius 3 is 2.64 bits per heavy atom. The number of aryl methyl sites for hydroxylation is 1. The molecule has 0 unspecified atom stereocenters. The van der Waals surface area contributed by atoms with E-state index in [1.54, 1.807) is 12.1 Å². The Balaban J connectivity index is 1.58. The number of hydrogen-bond donors (Lipinski definition) is 3. The molecular weight excluding hydrogens is 478 g/mol. The molecule has 8 heteroatoms. The molecule has 0 aliphatic rings. The van der Waals surface area contributed by atoms with Gasteiger partial charge in [0.1, 0.15) is 6.61 Å². The predicted octanol–water partition coefficient (Wildman–Crippen LogP) is 4.80. The van der Waals surface area contributed by atoms with Crippen molar-refractivity contribution in [3.63, 3.8) is 0 Å². The maximum Gasteiger partial charge on any atom is 0.250 e. The summed E-state index contributed by atoms with van der Waals surface area (Å²) in [5, 5.41) is 14.2. The molecule has 0 radical (unpaired) electrons. The summed E-state index contributed by atoms with van der Waals surface area (Å²) in [6.07, 6.45) is 3.29. The first-order valence-electron chi connectivity index (χ1n) is 12.4. The number of fused-ring (bicyclic) bond motifs is 1. The van der Waals surface area contributed by atoms with Crippen molar-refractivity contribution >= 4 is 28.4 Å². The standard InChI is InChI=1S/C28H38ClN3O4/c1-19(31-9-13-35-24-7-6-22(29)17-25(24)36-18-28(2,3)4)14-20-15-21-8-11-32(10-5-12-33)26(21)23(16-20)27(30)34/h6-8,11,15-17,19,31,33H,5,9-10,12-14,18H2,1-4H3,(H2,30,34)/t19-/m1/s1. The summed E-state index contributed by atoms with van der Waals surface area (Å²) in [5.74, 6) is 0.858. The van der Waals surface area contributed by atoms with Crippen LogP contribution < -0.4 is 20.5 Å². The lowest BCUT2D eigenvalue weighted by atomic mass is 9.99. The van der Waals surface area contributed by atoms with Gasteiger partial charge in [-0.2, -0.15) is 0 Å². The summed E-state index contributed by atoms with van der Waals surface area (Å²) in [7, 11) is 0. The monoisotopic (exact) mass is 515 g/mol. The highest BCUT2D eigenvalue weighted by Crippen LogP contribution is 2.32. The first kappa shape index (κ1) is 27.8. The largest absolute Gasteiger partial charge is 0.489 e. The maximum atomic E-state index is 12.2. The van der Waals surface area contributed by atoms with Gasteiger partial charge < -0.3 is 30.2 Å². The van der Waals surface area contributed by atoms with Crippen molar-refractivity contribution < 1.29 is 19.4 Å². The summed E-state index contributed by atoms with van der Waals surface area (Å²) < 4.78 is 13.9. The number of carbonyl (C=O) groups is 1. The van der Waals surface area contributed by atoms with Crippen molar-refractivity contribution in [1.82, 2.24) is 9.88 Å². The van der Waals surface area contributed by atoms with Crippen LogP contribution in [-0.4, -0.2) is 48.0 Å². The second-order valence-corrected chi connectivity index (χ2v) is 10.8. The number of rotatable bonds is 13. The molecule has 0 saturated heterocycles. The molecule has 1 aromatic heterocycles. The second-order valence-electron chi connectivity index (χ2n) is 10.4. The van der Waals surface area contributed by atoms with E-state index >= 15 is 0 Å². The van der Waals surface area contributed by atoms with E-state index in [0.717, 1.165) is 22.9 Å². The zero-order valence-electron chi connectivity index (χ0n) is 21.6. The van der Waals surface area contributed by atoms with Crippen LogP contribution in [0.25, 0.3) is 10.9 Å². The van der Waals surface area contributed by atoms with E-state index in [4.69, 9.17) is 31.9 Å². The van der Waals surface area contributed by atoms with Crippen molar-refractivity contribution in [2.45, 2.75) is 53.1 Å². The number of aromatic nitrogens is 1. The van der Waals surface area contributed by atoms with Gasteiger partial charge in [-0.3, -0.25) is 4.79 Å². The summed E-state index contributed by atoms with van der Waals surface area (Å²) in [6.45, 7) is 10.8. The van der Waals surface area contributed by atoms with Gasteiger partial charge in [0.25, 0.3) is 5.91 Å². The molecule has 36 heavy (non-hydrogen) atoms. The average Bonchev–Trinajstić information content (AvgIpc) is 3.21. The minimum absolute atomic E-state index is 0.0238. The Bertz CT molecular complexity index is 1170. The first-order chi connectivity index (χ1) is 17.1. The lowest BCUT2D eigenvalue weighted by Gasteiger charge is -2.21. The molecule has 0 aliphatic carbocycles. The van der Waals surface area contributed by atoms with Crippen molar-refractivity contribution in [3.05, 3.63) is 58.7 Å². The lowest BCUT2D eigenvalue weighted by molar-refractivity contribution is 0.100. The first-order valence-corrected chi connectivity index (χ1v) is 12.8. The Morgan fingerprint density at radius 1 is 1.17 bits per heavy atom. The van der Waals surface area contributed by atoms with Gasteiger partial charge in [0, 0.05) is 48.4 Å². The summed E-state index contributed by atoms with van der Waals surface area (Å²) in [6, 6.07) is 11.5. The lowest BCUT2D eigenvalue weighted by Crippen LogP contribution is -2.32. The third kappa shape index (κ3) is 7.88. The van der Waals surface area contributed by atoms with E-state index in [1.165, 1.54) is 0 Å². The number of ether oxygens (including phenoxy) is 2. The van der Waals surface area contributed by atoms with Crippen LogP contribution in [0.1, 0.15) is 50.0 Å². The number of benzene rings is 2. The van der Waals surface area contributed by atoms with Gasteiger partial charge in [-0.15, -0.1) is 0 Å². The Hall–Kier alpha value is -2.74. The Morgan fingerprint density at radius 2 is 1.94 bits per heavy atom. The molecule has 0 aliphatic heterocycles. The van der Waals surface area contributed by atoms with Crippen LogP contribution in [0.2, 0.25) is 5.02 Å². The van der Waals surface area contributed by atoms with E-state index in [9.17, 15) is 4.79 Å². The highest BCUT2D eigenvalue weighted by Gasteiger charge is 2.16. The molecule has 4 N–H and O–H groups in total. The fourth-order valence-corrected chi connectivity index (χ4v) is 4.21. The van der Waals surface area contributed by atoms with Crippen molar-refractivity contribution in [2.75, 3.05) is 26.4 Å². The van der Waals surface area contributed by atoms with Crippen LogP contribution in [0.4, 0.5) is 0 Å². The molecule has 196 valence electrons. The fourth-order valence-electron chi connectivity index (χ4n) is 4.04. The number of halogens is 1. The van der Waals surface area contributed by atoms with E-state index in [2.05, 4.69) is 39.1 Å². The van der Waals surface area contributed by atoms with Crippen LogP contribution in [0.3, 0.4) is 0 Å². The minimum atomic E-state index is -0.452. The van der Waals surface area contributed by atoms with Crippen LogP contribution in [0.15, 0.2) is 42.6 Å². The molecule has 7 nitrogen and oxygen atoms in total. The van der Waals surface area contributed by atoms with E-state index < -0.39 is 5.91 Å². The molecule has 1 amide bonds. The van der Waals surface area contributed by atoms with E-state index in [1.807, 2.05) is 29.0 Å². The number of primary amides is 1. The number of nitrogens with one attached hydrogen (secondary N) is 1. The van der Waals surface area contributed by atoms with Crippen molar-refractivity contribution in [1.29, 1.82) is 0 Å². The van der Waals surface area contributed by atoms with Gasteiger partial charge in [-0.05, 0) is 61.1 Å². The molecule has 0 spiro atoms. The number of aliphatic hydroxyl groups excluding tert-OH is 1. The Kier molecular flexibility index (Phi) is 9.65. The smallest absolute Gasteiger partial charge is 0.250 e. The average molecular weight is 516 g/mol. The zero-order valence-corrected chi connectivity index (χ0v) is 22.4. The molecule has 3 aromatic rings. The van der Waals surface area contributed by atoms with Gasteiger partial charge in [0.05, 0.1) is 17.7 Å². The molecule has 0 bridgehead atoms. The van der Waals surface area contributed by atoms with Gasteiger partial charge in [0.2, 0.25) is 0 Å². The Labute approximate surface area is 218 Å². The summed E-state index contributed by atoms with van der Waals surface area (Å²) >= 11 is 6.15. The van der Waals surface area contributed by atoms with Crippen LogP contribution >= 0.6 is 11.6 Å². The SMILES string of the molecule is C[C@H](Cc1cc(C(N)=O)c2c(ccn2CCCO)c1)NCCOc1ccc(Cl)cc1OCC(C)(C)C. The predicted molar refractivity (Wildman–Crippen MR) is 145 cm³/mol. The van der Waals surface area contributed by atoms with Gasteiger partial charge in [-0.1, -0.05) is 32.4 Å². The topological polar surface area (TPSA) is 98.7 Å². The maximum absolute atomic E-state index is 12.2. The number of nitrogens with two attached hydrogens (primary N) is 1. The zero-order chi connectivity index (χ0) is 26.3. The van der Waals surface area contributed by atoms with E-state index in [0.29, 0.717) is 54.8 Å². The molecule has 0 fully saturated rings. The van der Waals surface area contributed by atoms with Crippen molar-refractivity contribution in [2.24, 2.45) is 11.1 Å². The summed E-state index contributed by atoms with van der Waals surface area (Å²) in [5.41, 5.74) is 8.09. The third-order valence-corrected chi connectivity index (χ3v) is 5.94.